The van der Waals surface area contributed by atoms with Crippen molar-refractivity contribution in [1.82, 2.24) is 15.0 Å². The lowest BCUT2D eigenvalue weighted by atomic mass is 9.97. The molecule has 3 N–H and O–H groups in total. The number of aliphatic hydroxyl groups is 1. The predicted octanol–water partition coefficient (Wildman–Crippen LogP) is 3.89. The van der Waals surface area contributed by atoms with Gasteiger partial charge < -0.3 is 19.9 Å². The maximum Gasteiger partial charge on any atom is 0.265 e. The molecule has 0 spiro atoms. The second-order valence-corrected chi connectivity index (χ2v) is 11.4. The average Bonchev–Trinajstić information content (AvgIpc) is 3.01. The molecule has 41 heavy (non-hydrogen) atoms. The summed E-state index contributed by atoms with van der Waals surface area (Å²) in [5, 5.41) is 13.6. The van der Waals surface area contributed by atoms with Gasteiger partial charge in [0.1, 0.15) is 17.6 Å². The van der Waals surface area contributed by atoms with Crippen LogP contribution in [0.25, 0.3) is 11.1 Å². The Hall–Kier alpha value is -4.25. The summed E-state index contributed by atoms with van der Waals surface area (Å²) >= 11 is 0. The Morgan fingerprint density at radius 1 is 1.07 bits per heavy atom. The van der Waals surface area contributed by atoms with Crippen molar-refractivity contribution in [1.29, 1.82) is 0 Å². The van der Waals surface area contributed by atoms with Crippen LogP contribution >= 0.6 is 0 Å². The fourth-order valence-corrected chi connectivity index (χ4v) is 5.64. The molecule has 0 bridgehead atoms. The van der Waals surface area contributed by atoms with Crippen molar-refractivity contribution in [3.8, 4) is 22.6 Å². The van der Waals surface area contributed by atoms with Crippen molar-refractivity contribution < 1.29 is 27.8 Å². The molecule has 0 saturated carbocycles. The van der Waals surface area contributed by atoms with E-state index in [1.807, 2.05) is 18.2 Å². The average molecular weight is 574 g/mol. The summed E-state index contributed by atoms with van der Waals surface area (Å²) in [5.41, 5.74) is 3.82. The number of aromatic nitrogens is 1. The lowest BCUT2D eigenvalue weighted by molar-refractivity contribution is 0.0981. The zero-order chi connectivity index (χ0) is 28.8. The van der Waals surface area contributed by atoms with Crippen LogP contribution in [0.3, 0.4) is 0 Å². The maximum atomic E-state index is 12.8. The highest BCUT2D eigenvalue weighted by Crippen LogP contribution is 2.32. The van der Waals surface area contributed by atoms with Crippen molar-refractivity contribution in [2.45, 2.75) is 29.9 Å². The van der Waals surface area contributed by atoms with Crippen LogP contribution < -0.4 is 19.5 Å². The van der Waals surface area contributed by atoms with Crippen LogP contribution in [-0.2, 0) is 16.4 Å². The number of methoxy groups -OCH3 is 1. The summed E-state index contributed by atoms with van der Waals surface area (Å²) < 4.78 is 39.0. The van der Waals surface area contributed by atoms with Crippen LogP contribution in [0.2, 0.25) is 0 Å². The molecule has 0 saturated heterocycles. The first-order valence-electron chi connectivity index (χ1n) is 13.2. The number of nitrogens with one attached hydrogen (secondary N) is 2. The van der Waals surface area contributed by atoms with E-state index in [1.165, 1.54) is 31.4 Å². The third-order valence-corrected chi connectivity index (χ3v) is 8.27. The van der Waals surface area contributed by atoms with E-state index in [-0.39, 0.29) is 16.6 Å². The zero-order valence-electron chi connectivity index (χ0n) is 22.5. The molecule has 1 aliphatic rings. The number of pyridine rings is 1. The first-order valence-corrected chi connectivity index (χ1v) is 14.7. The molecule has 2 atom stereocenters. The molecule has 0 fully saturated rings. The highest BCUT2D eigenvalue weighted by Gasteiger charge is 2.22. The molecular weight excluding hydrogens is 542 g/mol. The van der Waals surface area contributed by atoms with Crippen molar-refractivity contribution in [2.75, 3.05) is 20.2 Å². The van der Waals surface area contributed by atoms with E-state index in [0.717, 1.165) is 40.8 Å². The number of aliphatic hydroxyl groups excluding tert-OH is 1. The number of carbonyl (C=O) groups is 1. The van der Waals surface area contributed by atoms with Gasteiger partial charge in [-0.1, -0.05) is 30.3 Å². The van der Waals surface area contributed by atoms with E-state index in [9.17, 15) is 18.3 Å². The SMILES string of the molecule is COc1cccc(C(=O)NS(=O)(=O)c2ccc(-c3ccc4c(c3)CC[C@H](CNC[C@@H](O)c3cccnc3)O4)cc2)c1. The standard InChI is InChI=1S/C31H31N3O6S/c1-39-26-6-2-4-24(17-26)31(36)34-41(37,38)28-12-8-21(9-13-28)22-10-14-30-23(16-22)7-11-27(40-30)19-33-20-29(35)25-5-3-15-32-18-25/h2-6,8-10,12-18,27,29,33,35H,7,11,19-20H2,1H3,(H,34,36)/t27-,29-/m1/s1. The van der Waals surface area contributed by atoms with Crippen molar-refractivity contribution >= 4 is 15.9 Å². The van der Waals surface area contributed by atoms with Crippen LogP contribution in [0.5, 0.6) is 11.5 Å². The van der Waals surface area contributed by atoms with E-state index in [0.29, 0.717) is 18.8 Å². The van der Waals surface area contributed by atoms with Crippen LogP contribution in [-0.4, -0.2) is 50.7 Å². The quantitative estimate of drug-likeness (QED) is 0.261. The van der Waals surface area contributed by atoms with Crippen LogP contribution in [0.1, 0.15) is 34.0 Å². The molecular formula is C31H31N3O6S. The third kappa shape index (κ3) is 6.91. The van der Waals surface area contributed by atoms with Gasteiger partial charge in [-0.3, -0.25) is 9.78 Å². The Bertz CT molecular complexity index is 1610. The van der Waals surface area contributed by atoms with Gasteiger partial charge in [0.2, 0.25) is 0 Å². The Labute approximate surface area is 239 Å². The van der Waals surface area contributed by atoms with E-state index >= 15 is 0 Å². The number of carbonyl (C=O) groups excluding carboxylic acids is 1. The predicted molar refractivity (Wildman–Crippen MR) is 154 cm³/mol. The molecule has 3 aromatic carbocycles. The Morgan fingerprint density at radius 3 is 2.63 bits per heavy atom. The van der Waals surface area contributed by atoms with Gasteiger partial charge in [0, 0.05) is 36.6 Å². The van der Waals surface area contributed by atoms with E-state index < -0.39 is 22.0 Å². The lowest BCUT2D eigenvalue weighted by Gasteiger charge is -2.27. The lowest BCUT2D eigenvalue weighted by Crippen LogP contribution is -2.36. The number of hydrogen-bond donors (Lipinski definition) is 3. The van der Waals surface area contributed by atoms with Crippen molar-refractivity contribution in [2.24, 2.45) is 0 Å². The zero-order valence-corrected chi connectivity index (χ0v) is 23.3. The maximum absolute atomic E-state index is 12.8. The van der Waals surface area contributed by atoms with Gasteiger partial charge >= 0.3 is 0 Å². The van der Waals surface area contributed by atoms with Crippen LogP contribution in [0, 0.1) is 0 Å². The smallest absolute Gasteiger partial charge is 0.265 e. The minimum atomic E-state index is -4.06. The fourth-order valence-electron chi connectivity index (χ4n) is 4.67. The van der Waals surface area contributed by atoms with Gasteiger partial charge in [0.05, 0.1) is 18.1 Å². The number of nitrogens with zero attached hydrogens (tertiary/aromatic N) is 1. The summed E-state index contributed by atoms with van der Waals surface area (Å²) in [6, 6.07) is 22.2. The Morgan fingerprint density at radius 2 is 1.88 bits per heavy atom. The largest absolute Gasteiger partial charge is 0.497 e. The topological polar surface area (TPSA) is 127 Å². The van der Waals surface area contributed by atoms with Crippen LogP contribution in [0.4, 0.5) is 0 Å². The molecule has 4 aromatic rings. The van der Waals surface area contributed by atoms with Crippen molar-refractivity contribution in [3.63, 3.8) is 0 Å². The molecule has 0 radical (unpaired) electrons. The van der Waals surface area contributed by atoms with Gasteiger partial charge in [-0.15, -0.1) is 0 Å². The molecule has 2 heterocycles. The number of aryl methyl sites for hydroxylation is 1. The summed E-state index contributed by atoms with van der Waals surface area (Å²) in [5.74, 6) is 0.540. The highest BCUT2D eigenvalue weighted by molar-refractivity contribution is 7.90. The normalized spacial score (nSPS) is 15.3. The summed E-state index contributed by atoms with van der Waals surface area (Å²) in [6.45, 7) is 1.02. The summed E-state index contributed by atoms with van der Waals surface area (Å²) in [6.07, 6.45) is 4.36. The van der Waals surface area contributed by atoms with Crippen molar-refractivity contribution in [3.05, 3.63) is 108 Å². The molecule has 10 heteroatoms. The number of sulfonamides is 1. The molecule has 1 aromatic heterocycles. The number of benzene rings is 3. The van der Waals surface area contributed by atoms with Gasteiger partial charge in [0.15, 0.2) is 0 Å². The van der Waals surface area contributed by atoms with Crippen LogP contribution in [0.15, 0.2) is 96.2 Å². The second kappa shape index (κ2) is 12.5. The molecule has 0 aliphatic carbocycles. The second-order valence-electron chi connectivity index (χ2n) is 9.75. The molecule has 1 aliphatic heterocycles. The number of amides is 1. The minimum absolute atomic E-state index is 0.00822. The van der Waals surface area contributed by atoms with Gasteiger partial charge in [-0.25, -0.2) is 13.1 Å². The minimum Gasteiger partial charge on any atom is -0.497 e. The fraction of sp³-hybridized carbons (Fsp3) is 0.226. The summed E-state index contributed by atoms with van der Waals surface area (Å²) in [7, 11) is -2.59. The third-order valence-electron chi connectivity index (χ3n) is 6.93. The van der Waals surface area contributed by atoms with Gasteiger partial charge in [-0.2, -0.15) is 0 Å². The number of ether oxygens (including phenoxy) is 2. The Kier molecular flexibility index (Phi) is 8.63. The van der Waals surface area contributed by atoms with E-state index in [2.05, 4.69) is 21.1 Å². The van der Waals surface area contributed by atoms with Gasteiger partial charge in [-0.05, 0) is 78.1 Å². The first kappa shape index (κ1) is 28.3. The number of hydrogen-bond acceptors (Lipinski definition) is 8. The molecule has 5 rings (SSSR count). The Balaban J connectivity index is 1.18. The summed E-state index contributed by atoms with van der Waals surface area (Å²) in [4.78, 5) is 16.6. The van der Waals surface area contributed by atoms with Gasteiger partial charge in [0.25, 0.3) is 15.9 Å². The monoisotopic (exact) mass is 573 g/mol. The van der Waals surface area contributed by atoms with E-state index in [4.69, 9.17) is 9.47 Å². The molecule has 0 unspecified atom stereocenters. The molecule has 9 nitrogen and oxygen atoms in total. The number of fused-ring (bicyclic) bond motifs is 1. The molecule has 1 amide bonds. The number of rotatable bonds is 10. The highest BCUT2D eigenvalue weighted by atomic mass is 32.2. The van der Waals surface area contributed by atoms with E-state index in [1.54, 1.807) is 42.7 Å². The first-order chi connectivity index (χ1) is 19.8. The molecule has 212 valence electrons.